The average molecular weight is 428 g/mol. The molecule has 8 heteroatoms. The van der Waals surface area contributed by atoms with Gasteiger partial charge in [0.1, 0.15) is 5.82 Å². The zero-order chi connectivity index (χ0) is 21.7. The fraction of sp³-hybridized carbons (Fsp3) is 0.318. The Morgan fingerprint density at radius 3 is 2.73 bits per heavy atom. The lowest BCUT2D eigenvalue weighted by molar-refractivity contribution is -0.121. The molecule has 0 bridgehead atoms. The van der Waals surface area contributed by atoms with E-state index in [0.717, 1.165) is 16.7 Å². The lowest BCUT2D eigenvalue weighted by Crippen LogP contribution is -2.35. The molecule has 0 saturated carbocycles. The number of carbonyl (C=O) groups is 1. The van der Waals surface area contributed by atoms with Crippen LogP contribution in [0.4, 0.5) is 4.39 Å². The molecule has 3 rings (SSSR count). The molecule has 6 nitrogen and oxygen atoms in total. The highest BCUT2D eigenvalue weighted by Crippen LogP contribution is 2.20. The van der Waals surface area contributed by atoms with Crippen molar-refractivity contribution in [2.45, 2.75) is 25.9 Å². The first-order valence-corrected chi connectivity index (χ1v) is 10.2. The Bertz CT molecular complexity index is 1080. The van der Waals surface area contributed by atoms with Crippen molar-refractivity contribution < 1.29 is 9.18 Å². The Kier molecular flexibility index (Phi) is 7.12. The van der Waals surface area contributed by atoms with Crippen molar-refractivity contribution in [3.8, 4) is 11.4 Å². The number of nitrogens with one attached hydrogen (secondary N) is 2. The van der Waals surface area contributed by atoms with Gasteiger partial charge in [0.2, 0.25) is 5.91 Å². The van der Waals surface area contributed by atoms with Crippen LogP contribution in [0.25, 0.3) is 11.4 Å². The van der Waals surface area contributed by atoms with Gasteiger partial charge in [0.05, 0.1) is 6.04 Å². The number of amides is 1. The number of aromatic amines is 1. The predicted molar refractivity (Wildman–Crippen MR) is 118 cm³/mol. The summed E-state index contributed by atoms with van der Waals surface area (Å²) in [5.74, 6) is 0.322. The van der Waals surface area contributed by atoms with E-state index in [1.165, 1.54) is 12.1 Å². The summed E-state index contributed by atoms with van der Waals surface area (Å²) in [7, 11) is 3.81. The molecule has 2 N–H and O–H groups in total. The number of nitrogens with zero attached hydrogens (tertiary/aromatic N) is 3. The topological polar surface area (TPSA) is 66.0 Å². The molecule has 0 unspecified atom stereocenters. The summed E-state index contributed by atoms with van der Waals surface area (Å²) in [6.45, 7) is 2.82. The molecule has 0 fully saturated rings. The second-order valence-electron chi connectivity index (χ2n) is 7.46. The van der Waals surface area contributed by atoms with Gasteiger partial charge in [-0.1, -0.05) is 35.9 Å². The molecule has 1 amide bonds. The van der Waals surface area contributed by atoms with E-state index in [-0.39, 0.29) is 24.2 Å². The monoisotopic (exact) mass is 427 g/mol. The van der Waals surface area contributed by atoms with Gasteiger partial charge >= 0.3 is 0 Å². The lowest BCUT2D eigenvalue weighted by atomic mass is 10.1. The van der Waals surface area contributed by atoms with E-state index in [0.29, 0.717) is 23.7 Å². The van der Waals surface area contributed by atoms with Crippen LogP contribution in [0.5, 0.6) is 0 Å². The maximum Gasteiger partial charge on any atom is 0.221 e. The van der Waals surface area contributed by atoms with Gasteiger partial charge in [0.25, 0.3) is 0 Å². The molecule has 0 saturated heterocycles. The normalized spacial score (nSPS) is 12.2. The molecule has 30 heavy (non-hydrogen) atoms. The summed E-state index contributed by atoms with van der Waals surface area (Å²) in [4.78, 5) is 14.5. The molecule has 0 aliphatic rings. The number of H-pyrrole nitrogens is 1. The van der Waals surface area contributed by atoms with Crippen molar-refractivity contribution in [2.75, 3.05) is 20.6 Å². The van der Waals surface area contributed by atoms with Crippen molar-refractivity contribution in [3.05, 3.63) is 70.2 Å². The highest BCUT2D eigenvalue weighted by molar-refractivity contribution is 7.71. The summed E-state index contributed by atoms with van der Waals surface area (Å²) in [5, 5.41) is 10.1. The number of benzene rings is 2. The maximum atomic E-state index is 13.6. The van der Waals surface area contributed by atoms with Crippen LogP contribution in [-0.2, 0) is 11.3 Å². The first-order valence-electron chi connectivity index (χ1n) is 9.76. The summed E-state index contributed by atoms with van der Waals surface area (Å²) >= 11 is 5.35. The Balaban J connectivity index is 1.64. The Labute approximate surface area is 180 Å². The van der Waals surface area contributed by atoms with E-state index in [9.17, 15) is 9.18 Å². The number of rotatable bonds is 8. The van der Waals surface area contributed by atoms with Crippen molar-refractivity contribution in [1.82, 2.24) is 25.0 Å². The fourth-order valence-corrected chi connectivity index (χ4v) is 3.58. The second-order valence-corrected chi connectivity index (χ2v) is 7.85. The molecule has 1 heterocycles. The quantitative estimate of drug-likeness (QED) is 0.536. The third-order valence-electron chi connectivity index (χ3n) is 4.95. The summed E-state index contributed by atoms with van der Waals surface area (Å²) in [5.41, 5.74) is 2.89. The molecule has 0 aliphatic carbocycles. The minimum absolute atomic E-state index is 0.100. The Morgan fingerprint density at radius 1 is 1.27 bits per heavy atom. The number of carbonyl (C=O) groups excluding carboxylic acids is 1. The van der Waals surface area contributed by atoms with Gasteiger partial charge in [0, 0.05) is 25.1 Å². The number of likely N-dealkylation sites (N-methyl/N-ethyl adjacent to an activating group) is 1. The van der Waals surface area contributed by atoms with E-state index < -0.39 is 0 Å². The molecule has 1 aromatic heterocycles. The molecular weight excluding hydrogens is 401 g/mol. The van der Waals surface area contributed by atoms with E-state index in [4.69, 9.17) is 12.2 Å². The van der Waals surface area contributed by atoms with Gasteiger partial charge in [-0.2, -0.15) is 5.10 Å². The van der Waals surface area contributed by atoms with Crippen molar-refractivity contribution in [2.24, 2.45) is 0 Å². The van der Waals surface area contributed by atoms with Gasteiger partial charge in [0.15, 0.2) is 10.6 Å². The summed E-state index contributed by atoms with van der Waals surface area (Å²) in [6.07, 6.45) is 0.260. The Morgan fingerprint density at radius 2 is 2.03 bits per heavy atom. The molecular formula is C22H26FN5OS. The largest absolute Gasteiger partial charge is 0.354 e. The van der Waals surface area contributed by atoms with Gasteiger partial charge in [-0.05, 0) is 57.0 Å². The van der Waals surface area contributed by atoms with Crippen molar-refractivity contribution in [3.63, 3.8) is 0 Å². The zero-order valence-corrected chi connectivity index (χ0v) is 18.2. The zero-order valence-electron chi connectivity index (χ0n) is 17.4. The van der Waals surface area contributed by atoms with E-state index in [2.05, 4.69) is 15.5 Å². The van der Waals surface area contributed by atoms with Crippen LogP contribution < -0.4 is 5.32 Å². The SMILES string of the molecule is Cc1cccc(-c2n[nH]c(=S)n2CCC(=O)NC[C@@H](c2cccc(F)c2)N(C)C)c1. The number of hydrogen-bond acceptors (Lipinski definition) is 4. The van der Waals surface area contributed by atoms with Crippen LogP contribution in [-0.4, -0.2) is 46.2 Å². The van der Waals surface area contributed by atoms with Crippen LogP contribution in [0.3, 0.4) is 0 Å². The standard InChI is InChI=1S/C22H26FN5OS/c1-15-6-4-8-17(12-15)21-25-26-22(30)28(21)11-10-20(29)24-14-19(27(2)3)16-7-5-9-18(23)13-16/h4-9,12-13,19H,10-11,14H2,1-3H3,(H,24,29)(H,26,30)/t19-/m0/s1. The van der Waals surface area contributed by atoms with Gasteiger partial charge < -0.3 is 10.2 Å². The van der Waals surface area contributed by atoms with Crippen LogP contribution in [0.1, 0.15) is 23.6 Å². The molecule has 0 aliphatic heterocycles. The summed E-state index contributed by atoms with van der Waals surface area (Å²) < 4.78 is 15.9. The van der Waals surface area contributed by atoms with Gasteiger partial charge in [-0.25, -0.2) is 4.39 Å². The highest BCUT2D eigenvalue weighted by Gasteiger charge is 2.16. The second kappa shape index (κ2) is 9.77. The fourth-order valence-electron chi connectivity index (χ4n) is 3.35. The van der Waals surface area contributed by atoms with Crippen LogP contribution in [0.2, 0.25) is 0 Å². The maximum absolute atomic E-state index is 13.6. The van der Waals surface area contributed by atoms with Crippen molar-refractivity contribution in [1.29, 1.82) is 0 Å². The highest BCUT2D eigenvalue weighted by atomic mass is 32.1. The van der Waals surface area contributed by atoms with E-state index in [1.54, 1.807) is 6.07 Å². The molecule has 0 radical (unpaired) electrons. The number of halogens is 1. The van der Waals surface area contributed by atoms with E-state index in [1.807, 2.05) is 60.8 Å². The predicted octanol–water partition coefficient (Wildman–Crippen LogP) is 3.86. The minimum atomic E-state index is -0.288. The molecule has 2 aromatic carbocycles. The first-order chi connectivity index (χ1) is 14.3. The minimum Gasteiger partial charge on any atom is -0.354 e. The van der Waals surface area contributed by atoms with Crippen LogP contribution in [0, 0.1) is 17.5 Å². The van der Waals surface area contributed by atoms with Gasteiger partial charge in [-0.3, -0.25) is 14.5 Å². The molecule has 158 valence electrons. The number of hydrogen-bond donors (Lipinski definition) is 2. The average Bonchev–Trinajstić information content (AvgIpc) is 3.07. The molecule has 3 aromatic rings. The third-order valence-corrected chi connectivity index (χ3v) is 5.26. The van der Waals surface area contributed by atoms with Crippen LogP contribution in [0.15, 0.2) is 48.5 Å². The van der Waals surface area contributed by atoms with Gasteiger partial charge in [-0.15, -0.1) is 0 Å². The smallest absolute Gasteiger partial charge is 0.221 e. The third kappa shape index (κ3) is 5.40. The number of aryl methyl sites for hydroxylation is 1. The molecule has 0 spiro atoms. The number of aromatic nitrogens is 3. The summed E-state index contributed by atoms with van der Waals surface area (Å²) in [6, 6.07) is 14.3. The first kappa shape index (κ1) is 21.9. The van der Waals surface area contributed by atoms with E-state index >= 15 is 0 Å². The van der Waals surface area contributed by atoms with Crippen molar-refractivity contribution >= 4 is 18.1 Å². The molecule has 1 atom stereocenters. The van der Waals surface area contributed by atoms with Crippen LogP contribution >= 0.6 is 12.2 Å². The lowest BCUT2D eigenvalue weighted by Gasteiger charge is -2.25. The Hall–Kier alpha value is -2.84.